The predicted molar refractivity (Wildman–Crippen MR) is 163 cm³/mol. The van der Waals surface area contributed by atoms with Gasteiger partial charge in [-0.15, -0.1) is 0 Å². The summed E-state index contributed by atoms with van der Waals surface area (Å²) in [5.41, 5.74) is 4.57. The second-order valence-electron chi connectivity index (χ2n) is 9.23. The molecule has 0 aliphatic rings. The molecule has 0 aliphatic heterocycles. The summed E-state index contributed by atoms with van der Waals surface area (Å²) < 4.78 is 31.9. The summed E-state index contributed by atoms with van der Waals surface area (Å²) in [6.07, 6.45) is 17.4. The first kappa shape index (κ1) is 32.9. The number of ether oxygens (including phenoxy) is 5. The molecule has 9 heteroatoms. The molecule has 224 valence electrons. The van der Waals surface area contributed by atoms with Gasteiger partial charge in [-0.05, 0) is 53.5 Å². The first-order valence-corrected chi connectivity index (χ1v) is 14.4. The Bertz CT molecular complexity index is 1190. The van der Waals surface area contributed by atoms with Crippen molar-refractivity contribution in [3.63, 3.8) is 0 Å². The SMILES string of the molecule is C=[N+](/C=C\C(=C/C)c1ccncc1)CCOCCOCCOCCOCCOCC[n+]1ccc(-c2ccncc2)cc1. The number of aromatic nitrogens is 3. The molecular weight excluding hydrogens is 532 g/mol. The predicted octanol–water partition coefficient (Wildman–Crippen LogP) is 3.84. The molecule has 0 N–H and O–H groups in total. The lowest BCUT2D eigenvalue weighted by Gasteiger charge is -2.07. The highest BCUT2D eigenvalue weighted by Gasteiger charge is 2.03. The summed E-state index contributed by atoms with van der Waals surface area (Å²) in [5, 5.41) is 0. The van der Waals surface area contributed by atoms with Gasteiger partial charge in [0.15, 0.2) is 31.7 Å². The van der Waals surface area contributed by atoms with Crippen molar-refractivity contribution in [1.82, 2.24) is 9.97 Å². The molecular formula is C33H44N4O5+2. The van der Waals surface area contributed by atoms with Crippen LogP contribution in [0.25, 0.3) is 16.7 Å². The highest BCUT2D eigenvalue weighted by molar-refractivity contribution is 5.73. The van der Waals surface area contributed by atoms with Crippen LogP contribution in [-0.4, -0.2) is 93.9 Å². The molecule has 3 aromatic heterocycles. The zero-order valence-corrected chi connectivity index (χ0v) is 24.7. The van der Waals surface area contributed by atoms with Gasteiger partial charge in [-0.25, -0.2) is 9.14 Å². The standard InChI is InChI=1S/C33H44N4O5/c1-3-30(31-4-11-34-12-5-31)8-15-36(2)18-20-38-22-24-40-26-28-42-29-27-41-25-23-39-21-19-37-16-9-33(10-17-37)32-6-13-35-14-7-32/h3-17H,2,18-29H2,1H3/q+2/b15-8-,30-3+. The molecule has 3 heterocycles. The van der Waals surface area contributed by atoms with E-state index in [9.17, 15) is 0 Å². The Kier molecular flexibility index (Phi) is 16.6. The van der Waals surface area contributed by atoms with Crippen molar-refractivity contribution in [2.75, 3.05) is 72.6 Å². The molecule has 0 fully saturated rings. The van der Waals surface area contributed by atoms with Crippen LogP contribution in [0.2, 0.25) is 0 Å². The fourth-order valence-corrected chi connectivity index (χ4v) is 3.84. The lowest BCUT2D eigenvalue weighted by atomic mass is 10.1. The molecule has 9 nitrogen and oxygen atoms in total. The van der Waals surface area contributed by atoms with E-state index in [4.69, 9.17) is 23.7 Å². The fourth-order valence-electron chi connectivity index (χ4n) is 3.84. The average molecular weight is 577 g/mol. The monoisotopic (exact) mass is 576 g/mol. The number of allylic oxidation sites excluding steroid dienone is 3. The van der Waals surface area contributed by atoms with Crippen LogP contribution in [0.3, 0.4) is 0 Å². The molecule has 3 aromatic rings. The molecule has 3 rings (SSSR count). The lowest BCUT2D eigenvalue weighted by molar-refractivity contribution is -0.698. The second-order valence-corrected chi connectivity index (χ2v) is 9.23. The molecule has 0 saturated heterocycles. The van der Waals surface area contributed by atoms with Crippen LogP contribution in [0.5, 0.6) is 0 Å². The second kappa shape index (κ2) is 21.2. The van der Waals surface area contributed by atoms with E-state index in [0.717, 1.165) is 23.2 Å². The van der Waals surface area contributed by atoms with Crippen molar-refractivity contribution >= 4 is 12.3 Å². The van der Waals surface area contributed by atoms with Crippen LogP contribution >= 0.6 is 0 Å². The van der Waals surface area contributed by atoms with E-state index in [1.54, 1.807) is 24.8 Å². The van der Waals surface area contributed by atoms with E-state index in [-0.39, 0.29) is 0 Å². The van der Waals surface area contributed by atoms with Crippen LogP contribution < -0.4 is 4.57 Å². The highest BCUT2D eigenvalue weighted by atomic mass is 16.6. The third-order valence-corrected chi connectivity index (χ3v) is 6.20. The largest absolute Gasteiger partial charge is 0.377 e. The lowest BCUT2D eigenvalue weighted by Crippen LogP contribution is -2.35. The minimum absolute atomic E-state index is 0.527. The molecule has 0 aliphatic carbocycles. The van der Waals surface area contributed by atoms with Crippen LogP contribution in [-0.2, 0) is 30.2 Å². The van der Waals surface area contributed by atoms with Crippen molar-refractivity contribution in [3.8, 4) is 11.1 Å². The summed E-state index contributed by atoms with van der Waals surface area (Å²) in [6, 6.07) is 12.2. The minimum atomic E-state index is 0.527. The third kappa shape index (κ3) is 13.8. The van der Waals surface area contributed by atoms with Crippen LogP contribution in [0, 0.1) is 0 Å². The van der Waals surface area contributed by atoms with Crippen molar-refractivity contribution in [2.24, 2.45) is 0 Å². The number of pyridine rings is 3. The zero-order chi connectivity index (χ0) is 29.5. The molecule has 0 spiro atoms. The topological polar surface area (TPSA) is 78.8 Å². The Hall–Kier alpha value is -3.60. The van der Waals surface area contributed by atoms with Crippen molar-refractivity contribution in [2.45, 2.75) is 13.5 Å². The maximum absolute atomic E-state index is 5.67. The van der Waals surface area contributed by atoms with Gasteiger partial charge in [0.05, 0.1) is 52.9 Å². The Morgan fingerprint density at radius 3 is 1.71 bits per heavy atom. The van der Waals surface area contributed by atoms with Crippen molar-refractivity contribution in [3.05, 3.63) is 97.5 Å². The molecule has 0 saturated carbocycles. The maximum Gasteiger partial charge on any atom is 0.171 e. The van der Waals surface area contributed by atoms with E-state index in [0.29, 0.717) is 72.6 Å². The smallest absolute Gasteiger partial charge is 0.171 e. The first-order chi connectivity index (χ1) is 20.8. The van der Waals surface area contributed by atoms with Gasteiger partial charge in [0.1, 0.15) is 19.9 Å². The summed E-state index contributed by atoms with van der Waals surface area (Å²) >= 11 is 0. The van der Waals surface area contributed by atoms with Gasteiger partial charge in [-0.3, -0.25) is 9.97 Å². The number of hydrogen-bond acceptors (Lipinski definition) is 7. The molecule has 0 atom stereocenters. The quantitative estimate of drug-likeness (QED) is 0.0778. The van der Waals surface area contributed by atoms with Crippen LogP contribution in [0.15, 0.2) is 91.9 Å². The van der Waals surface area contributed by atoms with Gasteiger partial charge in [-0.1, -0.05) is 6.08 Å². The fraction of sp³-hybridized carbons (Fsp3) is 0.394. The van der Waals surface area contributed by atoms with Gasteiger partial charge in [0, 0.05) is 43.0 Å². The minimum Gasteiger partial charge on any atom is -0.377 e. The Balaban J connectivity index is 1.06. The van der Waals surface area contributed by atoms with Crippen LogP contribution in [0.4, 0.5) is 0 Å². The number of hydrogen-bond donors (Lipinski definition) is 0. The van der Waals surface area contributed by atoms with Gasteiger partial charge in [0.2, 0.25) is 0 Å². The van der Waals surface area contributed by atoms with Gasteiger partial charge in [0.25, 0.3) is 0 Å². The van der Waals surface area contributed by atoms with Crippen molar-refractivity contribution < 1.29 is 32.8 Å². The zero-order valence-electron chi connectivity index (χ0n) is 24.7. The van der Waals surface area contributed by atoms with Gasteiger partial charge in [-0.2, -0.15) is 0 Å². The molecule has 42 heavy (non-hydrogen) atoms. The van der Waals surface area contributed by atoms with Gasteiger partial charge < -0.3 is 23.7 Å². The first-order valence-electron chi connectivity index (χ1n) is 14.4. The molecule has 0 radical (unpaired) electrons. The van der Waals surface area contributed by atoms with E-state index < -0.39 is 0 Å². The molecule has 0 amide bonds. The third-order valence-electron chi connectivity index (χ3n) is 6.20. The van der Waals surface area contributed by atoms with Crippen LogP contribution in [0.1, 0.15) is 12.5 Å². The van der Waals surface area contributed by atoms with Crippen molar-refractivity contribution in [1.29, 1.82) is 0 Å². The van der Waals surface area contributed by atoms with E-state index >= 15 is 0 Å². The van der Waals surface area contributed by atoms with E-state index in [1.165, 1.54) is 5.56 Å². The maximum atomic E-state index is 5.67. The van der Waals surface area contributed by atoms with E-state index in [1.807, 2.05) is 48.0 Å². The summed E-state index contributed by atoms with van der Waals surface area (Å²) in [7, 11) is 0. The molecule has 0 unspecified atom stereocenters. The summed E-state index contributed by atoms with van der Waals surface area (Å²) in [4.78, 5) is 8.12. The summed E-state index contributed by atoms with van der Waals surface area (Å²) in [6.45, 7) is 13.0. The number of rotatable bonds is 22. The Morgan fingerprint density at radius 1 is 0.690 bits per heavy atom. The average Bonchev–Trinajstić information content (AvgIpc) is 3.04. The Labute approximate surface area is 249 Å². The van der Waals surface area contributed by atoms with Gasteiger partial charge >= 0.3 is 0 Å². The normalized spacial score (nSPS) is 11.8. The number of nitrogens with zero attached hydrogens (tertiary/aromatic N) is 4. The van der Waals surface area contributed by atoms with E-state index in [2.05, 4.69) is 51.9 Å². The Morgan fingerprint density at radius 2 is 1.17 bits per heavy atom. The molecule has 0 bridgehead atoms. The highest BCUT2D eigenvalue weighted by Crippen LogP contribution is 2.16. The molecule has 0 aromatic carbocycles. The summed E-state index contributed by atoms with van der Waals surface area (Å²) in [5.74, 6) is 0.